The summed E-state index contributed by atoms with van der Waals surface area (Å²) in [6.07, 6.45) is 2.47. The lowest BCUT2D eigenvalue weighted by atomic mass is 10.2. The van der Waals surface area contributed by atoms with Crippen molar-refractivity contribution in [3.63, 3.8) is 0 Å². The highest BCUT2D eigenvalue weighted by atomic mass is 15.1. The zero-order chi connectivity index (χ0) is 11.8. The summed E-state index contributed by atoms with van der Waals surface area (Å²) in [4.78, 5) is 2.36. The van der Waals surface area contributed by atoms with Crippen LogP contribution in [-0.2, 0) is 0 Å². The van der Waals surface area contributed by atoms with Gasteiger partial charge >= 0.3 is 0 Å². The molecule has 0 amide bonds. The molecule has 1 rings (SSSR count). The van der Waals surface area contributed by atoms with Gasteiger partial charge in [-0.25, -0.2) is 0 Å². The van der Waals surface area contributed by atoms with Gasteiger partial charge in [-0.2, -0.15) is 0 Å². The van der Waals surface area contributed by atoms with Crippen molar-refractivity contribution in [3.8, 4) is 0 Å². The lowest BCUT2D eigenvalue weighted by molar-refractivity contribution is 0.834. The van der Waals surface area contributed by atoms with Gasteiger partial charge < -0.3 is 10.2 Å². The van der Waals surface area contributed by atoms with Crippen LogP contribution in [0.4, 0.5) is 11.4 Å². The molecule has 0 aliphatic rings. The molecule has 0 aromatic heterocycles. The van der Waals surface area contributed by atoms with Crippen LogP contribution in [0, 0.1) is 0 Å². The Balaban J connectivity index is 2.53. The zero-order valence-corrected chi connectivity index (χ0v) is 10.8. The van der Waals surface area contributed by atoms with E-state index in [4.69, 9.17) is 0 Å². The van der Waals surface area contributed by atoms with Crippen molar-refractivity contribution in [2.75, 3.05) is 29.9 Å². The van der Waals surface area contributed by atoms with Gasteiger partial charge in [0, 0.05) is 31.0 Å². The molecule has 0 aliphatic heterocycles. The SMILES string of the molecule is CCCCNc1ccc(N(CC)CC)cc1. The molecule has 0 unspecified atom stereocenters. The number of rotatable bonds is 7. The Labute approximate surface area is 99.7 Å². The average Bonchev–Trinajstić information content (AvgIpc) is 2.33. The third kappa shape index (κ3) is 3.76. The number of nitrogens with one attached hydrogen (secondary N) is 1. The van der Waals surface area contributed by atoms with Gasteiger partial charge in [-0.1, -0.05) is 13.3 Å². The molecule has 0 fully saturated rings. The largest absolute Gasteiger partial charge is 0.385 e. The van der Waals surface area contributed by atoms with Crippen LogP contribution in [0.25, 0.3) is 0 Å². The van der Waals surface area contributed by atoms with Gasteiger partial charge in [-0.3, -0.25) is 0 Å². The fraction of sp³-hybridized carbons (Fsp3) is 0.571. The van der Waals surface area contributed by atoms with Crippen molar-refractivity contribution in [3.05, 3.63) is 24.3 Å². The summed E-state index contributed by atoms with van der Waals surface area (Å²) in [7, 11) is 0. The first-order valence-electron chi connectivity index (χ1n) is 6.40. The molecule has 2 nitrogen and oxygen atoms in total. The van der Waals surface area contributed by atoms with Crippen LogP contribution >= 0.6 is 0 Å². The van der Waals surface area contributed by atoms with Crippen LogP contribution in [0.3, 0.4) is 0 Å². The number of benzene rings is 1. The molecular formula is C14H24N2. The summed E-state index contributed by atoms with van der Waals surface area (Å²) in [5.74, 6) is 0. The number of nitrogens with zero attached hydrogens (tertiary/aromatic N) is 1. The molecule has 0 bridgehead atoms. The summed E-state index contributed by atoms with van der Waals surface area (Å²) in [6.45, 7) is 9.80. The molecule has 2 heteroatoms. The van der Waals surface area contributed by atoms with Crippen LogP contribution in [0.2, 0.25) is 0 Å². The maximum absolute atomic E-state index is 3.43. The first-order valence-corrected chi connectivity index (χ1v) is 6.40. The van der Waals surface area contributed by atoms with E-state index >= 15 is 0 Å². The second-order valence-corrected chi connectivity index (χ2v) is 4.00. The maximum Gasteiger partial charge on any atom is 0.0367 e. The first-order chi connectivity index (χ1) is 7.81. The van der Waals surface area contributed by atoms with Crippen molar-refractivity contribution in [2.45, 2.75) is 33.6 Å². The summed E-state index contributed by atoms with van der Waals surface area (Å²) in [6, 6.07) is 8.73. The summed E-state index contributed by atoms with van der Waals surface area (Å²) in [5, 5.41) is 3.43. The minimum Gasteiger partial charge on any atom is -0.385 e. The molecule has 1 aromatic rings. The van der Waals surface area contributed by atoms with E-state index in [1.165, 1.54) is 24.2 Å². The molecule has 1 N–H and O–H groups in total. The van der Waals surface area contributed by atoms with Crippen LogP contribution in [0.1, 0.15) is 33.6 Å². The molecule has 0 saturated carbocycles. The highest BCUT2D eigenvalue weighted by Gasteiger charge is 2.00. The molecule has 1 aromatic carbocycles. The molecule has 0 heterocycles. The van der Waals surface area contributed by atoms with Crippen LogP contribution in [0.15, 0.2) is 24.3 Å². The third-order valence-corrected chi connectivity index (χ3v) is 2.86. The monoisotopic (exact) mass is 220 g/mol. The van der Waals surface area contributed by atoms with Crippen molar-refractivity contribution in [1.82, 2.24) is 0 Å². The zero-order valence-electron chi connectivity index (χ0n) is 10.8. The Morgan fingerprint density at radius 2 is 1.62 bits per heavy atom. The normalized spacial score (nSPS) is 10.2. The molecule has 0 saturated heterocycles. The molecule has 90 valence electrons. The predicted octanol–water partition coefficient (Wildman–Crippen LogP) is 3.74. The lowest BCUT2D eigenvalue weighted by Crippen LogP contribution is -2.21. The van der Waals surface area contributed by atoms with Crippen molar-refractivity contribution < 1.29 is 0 Å². The van der Waals surface area contributed by atoms with E-state index in [0.29, 0.717) is 0 Å². The van der Waals surface area contributed by atoms with E-state index in [1.807, 2.05) is 0 Å². The fourth-order valence-corrected chi connectivity index (χ4v) is 1.79. The third-order valence-electron chi connectivity index (χ3n) is 2.86. The van der Waals surface area contributed by atoms with E-state index in [0.717, 1.165) is 19.6 Å². The smallest absolute Gasteiger partial charge is 0.0367 e. The second-order valence-electron chi connectivity index (χ2n) is 4.00. The summed E-state index contributed by atoms with van der Waals surface area (Å²) < 4.78 is 0. The highest BCUT2D eigenvalue weighted by Crippen LogP contribution is 2.17. The summed E-state index contributed by atoms with van der Waals surface area (Å²) in [5.41, 5.74) is 2.54. The van der Waals surface area contributed by atoms with Gasteiger partial charge in [0.1, 0.15) is 0 Å². The van der Waals surface area contributed by atoms with Crippen molar-refractivity contribution in [2.24, 2.45) is 0 Å². The highest BCUT2D eigenvalue weighted by molar-refractivity contribution is 5.54. The minimum atomic E-state index is 1.07. The lowest BCUT2D eigenvalue weighted by Gasteiger charge is -2.21. The maximum atomic E-state index is 3.43. The summed E-state index contributed by atoms with van der Waals surface area (Å²) >= 11 is 0. The van der Waals surface area contributed by atoms with Crippen LogP contribution in [0.5, 0.6) is 0 Å². The van der Waals surface area contributed by atoms with E-state index in [-0.39, 0.29) is 0 Å². The molecule has 0 atom stereocenters. The van der Waals surface area contributed by atoms with E-state index in [1.54, 1.807) is 0 Å². The quantitative estimate of drug-likeness (QED) is 0.704. The van der Waals surface area contributed by atoms with Gasteiger partial charge in [0.2, 0.25) is 0 Å². The topological polar surface area (TPSA) is 15.3 Å². The Hall–Kier alpha value is -1.18. The van der Waals surface area contributed by atoms with Gasteiger partial charge in [0.05, 0.1) is 0 Å². The van der Waals surface area contributed by atoms with Crippen molar-refractivity contribution >= 4 is 11.4 Å². The molecule has 0 radical (unpaired) electrons. The standard InChI is InChI=1S/C14H24N2/c1-4-7-12-15-13-8-10-14(11-9-13)16(5-2)6-3/h8-11,15H,4-7,12H2,1-3H3. The van der Waals surface area contributed by atoms with Gasteiger partial charge in [-0.05, 0) is 44.5 Å². The van der Waals surface area contributed by atoms with E-state index < -0.39 is 0 Å². The van der Waals surface area contributed by atoms with Crippen LogP contribution < -0.4 is 10.2 Å². The van der Waals surface area contributed by atoms with Gasteiger partial charge in [0.25, 0.3) is 0 Å². The Bertz CT molecular complexity index is 275. The molecule has 16 heavy (non-hydrogen) atoms. The Morgan fingerprint density at radius 3 is 2.12 bits per heavy atom. The number of hydrogen-bond donors (Lipinski definition) is 1. The number of anilines is 2. The van der Waals surface area contributed by atoms with Crippen LogP contribution in [-0.4, -0.2) is 19.6 Å². The van der Waals surface area contributed by atoms with Crippen molar-refractivity contribution in [1.29, 1.82) is 0 Å². The molecule has 0 spiro atoms. The number of unbranched alkanes of at least 4 members (excludes halogenated alkanes) is 1. The first kappa shape index (κ1) is 12.9. The van der Waals surface area contributed by atoms with Gasteiger partial charge in [0.15, 0.2) is 0 Å². The second kappa shape index (κ2) is 7.15. The fourth-order valence-electron chi connectivity index (χ4n) is 1.79. The minimum absolute atomic E-state index is 1.07. The Kier molecular flexibility index (Phi) is 5.76. The molecule has 0 aliphatic carbocycles. The van der Waals surface area contributed by atoms with E-state index in [2.05, 4.69) is 55.3 Å². The van der Waals surface area contributed by atoms with Gasteiger partial charge in [-0.15, -0.1) is 0 Å². The Morgan fingerprint density at radius 1 is 1.00 bits per heavy atom. The molecular weight excluding hydrogens is 196 g/mol. The number of hydrogen-bond acceptors (Lipinski definition) is 2. The predicted molar refractivity (Wildman–Crippen MR) is 73.4 cm³/mol. The van der Waals surface area contributed by atoms with E-state index in [9.17, 15) is 0 Å². The average molecular weight is 220 g/mol.